The Morgan fingerprint density at radius 1 is 0.667 bits per heavy atom. The first-order valence-electron chi connectivity index (χ1n) is 17.9. The van der Waals surface area contributed by atoms with Gasteiger partial charge < -0.3 is 25.0 Å². The molecule has 0 bridgehead atoms. The first-order valence-corrected chi connectivity index (χ1v) is 17.9. The molecule has 0 saturated heterocycles. The smallest absolute Gasteiger partial charge is 0.504 e. The van der Waals surface area contributed by atoms with Crippen molar-refractivity contribution in [2.45, 2.75) is 39.5 Å². The van der Waals surface area contributed by atoms with E-state index >= 15 is 0 Å². The van der Waals surface area contributed by atoms with Gasteiger partial charge in [-0.05, 0) is 59.8 Å². The zero-order valence-electron chi connectivity index (χ0n) is 30.5. The van der Waals surface area contributed by atoms with E-state index in [2.05, 4.69) is 91.1 Å². The minimum Gasteiger partial charge on any atom is -0.539 e. The molecule has 4 aromatic heterocycles. The number of carbonyl (C=O) groups is 1. The molecule has 0 aliphatic heterocycles. The Balaban J connectivity index is 1.09. The van der Waals surface area contributed by atoms with Crippen molar-refractivity contribution in [1.82, 2.24) is 5.32 Å². The molecule has 10 nitrogen and oxygen atoms in total. The predicted octanol–water partition coefficient (Wildman–Crippen LogP) is 1.25. The van der Waals surface area contributed by atoms with E-state index in [9.17, 15) is 19.9 Å². The third kappa shape index (κ3) is 10.8. The number of benzene rings is 2. The van der Waals surface area contributed by atoms with Crippen LogP contribution in [0.3, 0.4) is 0 Å². The highest BCUT2D eigenvalue weighted by molar-refractivity contribution is 6.58. The molecule has 0 radical (unpaired) electrons. The van der Waals surface area contributed by atoms with Crippen molar-refractivity contribution in [2.24, 2.45) is 0 Å². The van der Waals surface area contributed by atoms with Crippen LogP contribution in [0.4, 0.5) is 0 Å². The molecule has 4 N–H and O–H groups in total. The maximum absolute atomic E-state index is 11.7. The van der Waals surface area contributed by atoms with Gasteiger partial charge in [0.1, 0.15) is 5.75 Å². The fraction of sp³-hybridized carbons (Fsp3) is 0.167. The minimum absolute atomic E-state index is 0.129. The summed E-state index contributed by atoms with van der Waals surface area (Å²) in [6.07, 6.45) is 16.9. The molecule has 0 spiro atoms. The maximum Gasteiger partial charge on any atom is 0.504 e. The van der Waals surface area contributed by atoms with E-state index in [4.69, 9.17) is 4.65 Å². The van der Waals surface area contributed by atoms with Gasteiger partial charge in [-0.3, -0.25) is 4.79 Å². The van der Waals surface area contributed by atoms with E-state index < -0.39 is 14.8 Å². The number of amides is 1. The fourth-order valence-corrected chi connectivity index (χ4v) is 6.32. The number of aromatic nitrogens is 4. The Morgan fingerprint density at radius 3 is 1.56 bits per heavy atom. The molecule has 0 saturated carbocycles. The molecule has 2 aromatic carbocycles. The molecule has 0 fully saturated rings. The molecular weight excluding hydrogens is 676 g/mol. The van der Waals surface area contributed by atoms with Crippen molar-refractivity contribution in [1.29, 1.82) is 0 Å². The third-order valence-corrected chi connectivity index (χ3v) is 9.03. The molecule has 0 unspecified atom stereocenters. The van der Waals surface area contributed by atoms with Gasteiger partial charge in [-0.2, -0.15) is 0 Å². The SMILES string of the molecule is C=C(C)C(=O)NCCc1cc[n+](Cc2cc(C[n+]3ccc(-c4cc[n+](Cc5cc(C[n+]6ccccc6)cc(B(O)O)c5)cc4)cc3)cc(OBO)c2)cc1. The fourth-order valence-electron chi connectivity index (χ4n) is 6.32. The summed E-state index contributed by atoms with van der Waals surface area (Å²) in [4.78, 5) is 11.7. The van der Waals surface area contributed by atoms with Gasteiger partial charge in [0.2, 0.25) is 5.91 Å². The number of hydrogen-bond acceptors (Lipinski definition) is 5. The first kappa shape index (κ1) is 37.8. The van der Waals surface area contributed by atoms with E-state index in [1.165, 1.54) is 0 Å². The normalized spacial score (nSPS) is 10.8. The van der Waals surface area contributed by atoms with Gasteiger partial charge in [0.15, 0.2) is 75.8 Å². The second kappa shape index (κ2) is 18.2. The number of nitrogens with one attached hydrogen (secondary N) is 1. The molecule has 1 amide bonds. The Bertz CT molecular complexity index is 2180. The predicted molar refractivity (Wildman–Crippen MR) is 206 cm³/mol. The Kier molecular flexibility index (Phi) is 12.7. The summed E-state index contributed by atoms with van der Waals surface area (Å²) in [7, 11) is -1.95. The van der Waals surface area contributed by atoms with Crippen LogP contribution in [0.5, 0.6) is 5.75 Å². The van der Waals surface area contributed by atoms with E-state index in [1.807, 2.05) is 79.6 Å². The monoisotopic (exact) mass is 721 g/mol. The molecule has 6 rings (SSSR count). The summed E-state index contributed by atoms with van der Waals surface area (Å²) in [5, 5.41) is 32.2. The second-order valence-electron chi connectivity index (χ2n) is 13.4. The molecule has 0 aliphatic carbocycles. The van der Waals surface area contributed by atoms with Gasteiger partial charge in [-0.25, -0.2) is 18.3 Å². The lowest BCUT2D eigenvalue weighted by Crippen LogP contribution is -2.37. The van der Waals surface area contributed by atoms with Crippen molar-refractivity contribution < 1.29 is 42.8 Å². The average molecular weight is 721 g/mol. The van der Waals surface area contributed by atoms with Crippen molar-refractivity contribution in [3.05, 3.63) is 181 Å². The van der Waals surface area contributed by atoms with Crippen molar-refractivity contribution >= 4 is 26.2 Å². The summed E-state index contributed by atoms with van der Waals surface area (Å²) in [5.74, 6) is 0.479. The van der Waals surface area contributed by atoms with Crippen LogP contribution in [0.25, 0.3) is 11.1 Å². The van der Waals surface area contributed by atoms with Gasteiger partial charge in [0, 0.05) is 82.9 Å². The number of carbonyl (C=O) groups excluding carboxylic acids is 1. The highest BCUT2D eigenvalue weighted by atomic mass is 16.5. The Labute approximate surface area is 317 Å². The second-order valence-corrected chi connectivity index (χ2v) is 13.4. The molecule has 54 heavy (non-hydrogen) atoms. The van der Waals surface area contributed by atoms with Crippen LogP contribution in [0.15, 0.2) is 153 Å². The summed E-state index contributed by atoms with van der Waals surface area (Å²) in [6, 6.07) is 30.2. The van der Waals surface area contributed by atoms with Crippen LogP contribution in [-0.2, 0) is 37.4 Å². The highest BCUT2D eigenvalue weighted by Crippen LogP contribution is 2.19. The molecule has 12 heteroatoms. The first-order chi connectivity index (χ1) is 26.2. The lowest BCUT2D eigenvalue weighted by Gasteiger charge is -2.08. The van der Waals surface area contributed by atoms with E-state index in [-0.39, 0.29) is 5.91 Å². The van der Waals surface area contributed by atoms with Crippen LogP contribution in [-0.4, -0.2) is 42.3 Å². The summed E-state index contributed by atoms with van der Waals surface area (Å²) < 4.78 is 13.8. The Hall–Kier alpha value is -5.94. The molecule has 0 aliphatic rings. The quantitative estimate of drug-likeness (QED) is 0.0684. The summed E-state index contributed by atoms with van der Waals surface area (Å²) in [6.45, 7) is 8.38. The maximum atomic E-state index is 11.7. The van der Waals surface area contributed by atoms with Crippen LogP contribution in [0, 0.1) is 0 Å². The Morgan fingerprint density at radius 2 is 1.11 bits per heavy atom. The van der Waals surface area contributed by atoms with Crippen LogP contribution in [0.1, 0.15) is 34.7 Å². The van der Waals surface area contributed by atoms with Gasteiger partial charge in [-0.15, -0.1) is 0 Å². The van der Waals surface area contributed by atoms with Crippen LogP contribution in [0.2, 0.25) is 0 Å². The number of pyridine rings is 4. The van der Waals surface area contributed by atoms with E-state index in [0.717, 1.165) is 45.4 Å². The summed E-state index contributed by atoms with van der Waals surface area (Å²) in [5.41, 5.74) is 8.33. The zero-order chi connectivity index (χ0) is 37.9. The van der Waals surface area contributed by atoms with Gasteiger partial charge in [-0.1, -0.05) is 24.8 Å². The minimum atomic E-state index is -1.54. The van der Waals surface area contributed by atoms with Crippen LogP contribution < -0.4 is 33.7 Å². The van der Waals surface area contributed by atoms with Gasteiger partial charge in [0.25, 0.3) is 0 Å². The van der Waals surface area contributed by atoms with Crippen molar-refractivity contribution in [3.8, 4) is 16.9 Å². The third-order valence-electron chi connectivity index (χ3n) is 9.03. The van der Waals surface area contributed by atoms with E-state index in [1.54, 1.807) is 6.92 Å². The van der Waals surface area contributed by atoms with Gasteiger partial charge >= 0.3 is 14.8 Å². The molecule has 4 heterocycles. The van der Waals surface area contributed by atoms with Crippen LogP contribution >= 0.6 is 0 Å². The standard InChI is InChI=1S/C42H44B2N5O5/c1-32(2)42(50)45-13-6-33-7-16-47(17-8-33)30-36-23-37(27-41(26-36)54-43-51)31-49-20-11-39(12-21-49)38-9-18-48(19-10-38)29-35-22-34(24-40(25-35)44(52)53)28-46-14-4-3-5-15-46/h3-5,7-12,14-27,43,51-53H,1,6,13,28-31H2,2H3/q+3/p+1. The topological polar surface area (TPSA) is 115 Å². The van der Waals surface area contributed by atoms with Crippen molar-refractivity contribution in [2.75, 3.05) is 6.54 Å². The number of nitrogens with zero attached hydrogens (tertiary/aromatic N) is 4. The van der Waals surface area contributed by atoms with E-state index in [0.29, 0.717) is 49.5 Å². The van der Waals surface area contributed by atoms with Gasteiger partial charge in [0.05, 0.1) is 0 Å². The lowest BCUT2D eigenvalue weighted by molar-refractivity contribution is -0.689. The number of rotatable bonds is 16. The molecule has 0 atom stereocenters. The molecule has 6 aromatic rings. The largest absolute Gasteiger partial charge is 0.539 e. The summed E-state index contributed by atoms with van der Waals surface area (Å²) >= 11 is 0. The van der Waals surface area contributed by atoms with Crippen molar-refractivity contribution in [3.63, 3.8) is 0 Å². The molecular formula is C42H45B2N5O5+4. The lowest BCUT2D eigenvalue weighted by atomic mass is 9.78. The average Bonchev–Trinajstić information content (AvgIpc) is 3.16. The number of hydrogen-bond donors (Lipinski definition) is 4. The zero-order valence-corrected chi connectivity index (χ0v) is 30.5. The highest BCUT2D eigenvalue weighted by Gasteiger charge is 2.17. The molecule has 270 valence electrons.